The third kappa shape index (κ3) is 8.47. The van der Waals surface area contributed by atoms with Crippen LogP contribution in [0.25, 0.3) is 0 Å². The fourth-order valence-corrected chi connectivity index (χ4v) is 2.25. The minimum absolute atomic E-state index is 0. The zero-order chi connectivity index (χ0) is 18.6. The maximum atomic E-state index is 5.82. The third-order valence-corrected chi connectivity index (χ3v) is 3.46. The van der Waals surface area contributed by atoms with Crippen LogP contribution in [0.2, 0.25) is 0 Å². The van der Waals surface area contributed by atoms with Gasteiger partial charge in [-0.25, -0.2) is 9.98 Å². The number of ether oxygens (including phenoxy) is 2. The number of nitrogens with zero attached hydrogens (tertiary/aromatic N) is 2. The molecule has 1 aromatic heterocycles. The molecule has 27 heavy (non-hydrogen) atoms. The van der Waals surface area contributed by atoms with Crippen LogP contribution in [-0.2, 0) is 6.54 Å². The van der Waals surface area contributed by atoms with Crippen LogP contribution in [0.15, 0.2) is 47.6 Å². The average molecular weight is 484 g/mol. The summed E-state index contributed by atoms with van der Waals surface area (Å²) in [6.07, 6.45) is 2.79. The molecule has 0 spiro atoms. The Bertz CT molecular complexity index is 693. The number of hydrogen-bond acceptors (Lipinski definition) is 4. The lowest BCUT2D eigenvalue weighted by Gasteiger charge is -2.10. The molecule has 2 rings (SSSR count). The van der Waals surface area contributed by atoms with Crippen molar-refractivity contribution in [3.8, 4) is 17.4 Å². The number of hydrogen-bond donors (Lipinski definition) is 2. The molecule has 2 N–H and O–H groups in total. The van der Waals surface area contributed by atoms with Crippen molar-refractivity contribution in [3.05, 3.63) is 48.2 Å². The number of pyridine rings is 1. The molecule has 0 unspecified atom stereocenters. The number of rotatable bonds is 9. The van der Waals surface area contributed by atoms with Gasteiger partial charge in [0.25, 0.3) is 0 Å². The van der Waals surface area contributed by atoms with Crippen molar-refractivity contribution in [1.29, 1.82) is 0 Å². The number of benzene rings is 1. The summed E-state index contributed by atoms with van der Waals surface area (Å²) in [4.78, 5) is 8.87. The molecule has 1 aromatic carbocycles. The smallest absolute Gasteiger partial charge is 0.219 e. The number of nitrogens with one attached hydrogen (secondary N) is 2. The fraction of sp³-hybridized carbons (Fsp3) is 0.400. The van der Waals surface area contributed by atoms with E-state index in [0.29, 0.717) is 19.0 Å². The standard InChI is InChI=1S/C20H28N4O2.HI/c1-4-12-23-20(21-5-2)24-15-16-11-13-22-19(14-16)26-18-9-7-17(8-10-18)25-6-3;/h7-11,13-14H,4-6,12,15H2,1-3H3,(H2,21,23,24);1H. The molecule has 0 aliphatic carbocycles. The Morgan fingerprint density at radius 2 is 1.78 bits per heavy atom. The monoisotopic (exact) mass is 484 g/mol. The predicted molar refractivity (Wildman–Crippen MR) is 120 cm³/mol. The molecule has 0 fully saturated rings. The summed E-state index contributed by atoms with van der Waals surface area (Å²) in [6.45, 7) is 9.07. The van der Waals surface area contributed by atoms with Gasteiger partial charge in [-0.15, -0.1) is 24.0 Å². The van der Waals surface area contributed by atoms with Crippen molar-refractivity contribution in [2.45, 2.75) is 33.7 Å². The highest BCUT2D eigenvalue weighted by Gasteiger charge is 2.02. The van der Waals surface area contributed by atoms with E-state index in [9.17, 15) is 0 Å². The molecule has 0 amide bonds. The topological polar surface area (TPSA) is 67.8 Å². The Morgan fingerprint density at radius 3 is 2.44 bits per heavy atom. The molecular formula is C20H29IN4O2. The molecule has 0 saturated carbocycles. The van der Waals surface area contributed by atoms with E-state index in [1.165, 1.54) is 0 Å². The van der Waals surface area contributed by atoms with Crippen LogP contribution in [-0.4, -0.2) is 30.6 Å². The second kappa shape index (κ2) is 13.2. The van der Waals surface area contributed by atoms with Gasteiger partial charge in [-0.1, -0.05) is 6.92 Å². The summed E-state index contributed by atoms with van der Waals surface area (Å²) in [5, 5.41) is 6.53. The fourth-order valence-electron chi connectivity index (χ4n) is 2.25. The van der Waals surface area contributed by atoms with Crippen molar-refractivity contribution in [2.75, 3.05) is 19.7 Å². The first-order valence-corrected chi connectivity index (χ1v) is 9.13. The van der Waals surface area contributed by atoms with Gasteiger partial charge < -0.3 is 20.1 Å². The Balaban J connectivity index is 0.00000364. The number of halogens is 1. The first-order valence-electron chi connectivity index (χ1n) is 9.13. The summed E-state index contributed by atoms with van der Waals surface area (Å²) < 4.78 is 11.3. The van der Waals surface area contributed by atoms with Crippen LogP contribution >= 0.6 is 24.0 Å². The van der Waals surface area contributed by atoms with Crippen LogP contribution in [0.4, 0.5) is 0 Å². The van der Waals surface area contributed by atoms with Crippen LogP contribution in [0.5, 0.6) is 17.4 Å². The van der Waals surface area contributed by atoms with E-state index >= 15 is 0 Å². The maximum Gasteiger partial charge on any atom is 0.219 e. The summed E-state index contributed by atoms with van der Waals surface area (Å²) in [6, 6.07) is 11.4. The van der Waals surface area contributed by atoms with Gasteiger partial charge in [-0.3, -0.25) is 0 Å². The van der Waals surface area contributed by atoms with Crippen LogP contribution in [0, 0.1) is 0 Å². The molecule has 1 heterocycles. The van der Waals surface area contributed by atoms with E-state index < -0.39 is 0 Å². The van der Waals surface area contributed by atoms with E-state index in [4.69, 9.17) is 9.47 Å². The molecule has 148 valence electrons. The van der Waals surface area contributed by atoms with Gasteiger partial charge in [-0.2, -0.15) is 0 Å². The molecule has 2 aromatic rings. The second-order valence-electron chi connectivity index (χ2n) is 5.63. The van der Waals surface area contributed by atoms with E-state index in [1.54, 1.807) is 6.20 Å². The molecule has 7 heteroatoms. The second-order valence-corrected chi connectivity index (χ2v) is 5.63. The van der Waals surface area contributed by atoms with E-state index in [0.717, 1.165) is 42.5 Å². The predicted octanol–water partition coefficient (Wildman–Crippen LogP) is 4.36. The SMILES string of the molecule is CCCNC(=NCc1ccnc(Oc2ccc(OCC)cc2)c1)NCC.I. The first kappa shape index (κ1) is 23.0. The van der Waals surface area contributed by atoms with Crippen molar-refractivity contribution in [1.82, 2.24) is 15.6 Å². The molecule has 0 aliphatic heterocycles. The van der Waals surface area contributed by atoms with E-state index in [1.807, 2.05) is 43.3 Å². The molecular weight excluding hydrogens is 455 g/mol. The van der Waals surface area contributed by atoms with Crippen LogP contribution in [0.1, 0.15) is 32.8 Å². The van der Waals surface area contributed by atoms with Gasteiger partial charge in [0.1, 0.15) is 11.5 Å². The molecule has 0 bridgehead atoms. The van der Waals surface area contributed by atoms with Crippen molar-refractivity contribution >= 4 is 29.9 Å². The summed E-state index contributed by atoms with van der Waals surface area (Å²) in [7, 11) is 0. The van der Waals surface area contributed by atoms with Gasteiger partial charge in [0, 0.05) is 25.4 Å². The number of guanidine groups is 1. The minimum Gasteiger partial charge on any atom is -0.494 e. The normalized spacial score (nSPS) is 10.7. The van der Waals surface area contributed by atoms with Gasteiger partial charge in [0.15, 0.2) is 5.96 Å². The van der Waals surface area contributed by atoms with Crippen molar-refractivity contribution < 1.29 is 9.47 Å². The Labute approximate surface area is 178 Å². The van der Waals surface area contributed by atoms with Crippen LogP contribution in [0.3, 0.4) is 0 Å². The zero-order valence-corrected chi connectivity index (χ0v) is 18.5. The van der Waals surface area contributed by atoms with Gasteiger partial charge in [0.2, 0.25) is 5.88 Å². The average Bonchev–Trinajstić information content (AvgIpc) is 2.66. The zero-order valence-electron chi connectivity index (χ0n) is 16.2. The molecule has 0 aliphatic rings. The molecule has 0 radical (unpaired) electrons. The van der Waals surface area contributed by atoms with E-state index in [-0.39, 0.29) is 24.0 Å². The van der Waals surface area contributed by atoms with Crippen molar-refractivity contribution in [3.63, 3.8) is 0 Å². The van der Waals surface area contributed by atoms with Crippen LogP contribution < -0.4 is 20.1 Å². The Morgan fingerprint density at radius 1 is 1.04 bits per heavy atom. The lowest BCUT2D eigenvalue weighted by Crippen LogP contribution is -2.37. The summed E-state index contributed by atoms with van der Waals surface area (Å²) in [5.74, 6) is 2.92. The summed E-state index contributed by atoms with van der Waals surface area (Å²) in [5.41, 5.74) is 1.04. The van der Waals surface area contributed by atoms with Gasteiger partial charge in [0.05, 0.1) is 13.2 Å². The van der Waals surface area contributed by atoms with E-state index in [2.05, 4.69) is 34.5 Å². The Hall–Kier alpha value is -2.03. The van der Waals surface area contributed by atoms with Gasteiger partial charge in [-0.05, 0) is 56.2 Å². The molecule has 0 atom stereocenters. The molecule has 6 nitrogen and oxygen atoms in total. The number of aliphatic imine (C=N–C) groups is 1. The largest absolute Gasteiger partial charge is 0.494 e. The maximum absolute atomic E-state index is 5.82. The minimum atomic E-state index is 0. The summed E-state index contributed by atoms with van der Waals surface area (Å²) >= 11 is 0. The highest BCUT2D eigenvalue weighted by atomic mass is 127. The lowest BCUT2D eigenvalue weighted by molar-refractivity contribution is 0.339. The van der Waals surface area contributed by atoms with Crippen molar-refractivity contribution in [2.24, 2.45) is 4.99 Å². The Kier molecular flexibility index (Phi) is 11.2. The quantitative estimate of drug-likeness (QED) is 0.315. The number of aromatic nitrogens is 1. The van der Waals surface area contributed by atoms with Gasteiger partial charge >= 0.3 is 0 Å². The lowest BCUT2D eigenvalue weighted by atomic mass is 10.2. The highest BCUT2D eigenvalue weighted by molar-refractivity contribution is 14.0. The third-order valence-electron chi connectivity index (χ3n) is 3.46. The highest BCUT2D eigenvalue weighted by Crippen LogP contribution is 2.23. The first-order chi connectivity index (χ1) is 12.7. The molecule has 0 saturated heterocycles.